The minimum absolute atomic E-state index is 0.0822. The molecule has 0 unspecified atom stereocenters. The van der Waals surface area contributed by atoms with Gasteiger partial charge in [-0.25, -0.2) is 4.39 Å². The van der Waals surface area contributed by atoms with Crippen molar-refractivity contribution in [3.05, 3.63) is 59.9 Å². The van der Waals surface area contributed by atoms with E-state index in [1.165, 1.54) is 19.1 Å². The number of rotatable bonds is 8. The van der Waals surface area contributed by atoms with Crippen molar-refractivity contribution in [3.63, 3.8) is 0 Å². The zero-order valence-corrected chi connectivity index (χ0v) is 15.3. The van der Waals surface area contributed by atoms with Crippen molar-refractivity contribution in [1.29, 1.82) is 0 Å². The summed E-state index contributed by atoms with van der Waals surface area (Å²) in [6, 6.07) is 10.7. The molecule has 8 heteroatoms. The van der Waals surface area contributed by atoms with E-state index in [1.54, 1.807) is 24.1 Å². The minimum atomic E-state index is -4.04. The summed E-state index contributed by atoms with van der Waals surface area (Å²) >= 11 is 0. The van der Waals surface area contributed by atoms with Gasteiger partial charge < -0.3 is 13.8 Å². The number of carbonyl (C=O) groups is 1. The zero-order valence-electron chi connectivity index (χ0n) is 14.5. The summed E-state index contributed by atoms with van der Waals surface area (Å²) in [6.45, 7) is 2.74. The monoisotopic (exact) mass is 381 g/mol. The van der Waals surface area contributed by atoms with Crippen LogP contribution in [0.15, 0.2) is 53.4 Å². The topological polar surface area (TPSA) is 72.9 Å². The van der Waals surface area contributed by atoms with Crippen LogP contribution in [0.5, 0.6) is 5.75 Å². The van der Waals surface area contributed by atoms with Crippen molar-refractivity contribution in [2.24, 2.45) is 0 Å². The van der Waals surface area contributed by atoms with E-state index in [9.17, 15) is 17.6 Å². The highest BCUT2D eigenvalue weighted by Gasteiger charge is 2.17. The van der Waals surface area contributed by atoms with Crippen molar-refractivity contribution in [1.82, 2.24) is 4.90 Å². The highest BCUT2D eigenvalue weighted by Crippen LogP contribution is 2.20. The van der Waals surface area contributed by atoms with Gasteiger partial charge >= 0.3 is 10.1 Å². The quantitative estimate of drug-likeness (QED) is 0.657. The molecule has 0 aromatic heterocycles. The average Bonchev–Trinajstić information content (AvgIpc) is 2.60. The zero-order chi connectivity index (χ0) is 19.2. The van der Waals surface area contributed by atoms with Gasteiger partial charge in [0.15, 0.2) is 0 Å². The van der Waals surface area contributed by atoms with Crippen LogP contribution in [0.1, 0.15) is 12.5 Å². The van der Waals surface area contributed by atoms with Crippen LogP contribution >= 0.6 is 0 Å². The van der Waals surface area contributed by atoms with Crippen molar-refractivity contribution in [3.8, 4) is 5.75 Å². The van der Waals surface area contributed by atoms with Gasteiger partial charge in [0.25, 0.3) is 0 Å². The summed E-state index contributed by atoms with van der Waals surface area (Å²) in [7, 11) is -2.48. The largest absolute Gasteiger partial charge is 0.383 e. The molecule has 0 bridgehead atoms. The van der Waals surface area contributed by atoms with Gasteiger partial charge in [-0.05, 0) is 42.0 Å². The van der Waals surface area contributed by atoms with Gasteiger partial charge in [0, 0.05) is 27.1 Å². The van der Waals surface area contributed by atoms with E-state index in [4.69, 9.17) is 8.92 Å². The van der Waals surface area contributed by atoms with E-state index in [2.05, 4.69) is 0 Å². The van der Waals surface area contributed by atoms with E-state index in [-0.39, 0.29) is 16.6 Å². The summed E-state index contributed by atoms with van der Waals surface area (Å²) < 4.78 is 47.3. The number of ether oxygens (including phenoxy) is 1. The molecular weight excluding hydrogens is 361 g/mol. The van der Waals surface area contributed by atoms with E-state index in [0.717, 1.165) is 29.8 Å². The molecule has 2 aromatic carbocycles. The number of methoxy groups -OCH3 is 1. The lowest BCUT2D eigenvalue weighted by Crippen LogP contribution is -2.31. The van der Waals surface area contributed by atoms with Crippen LogP contribution < -0.4 is 4.18 Å². The SMILES string of the molecule is COCCN(Cc1ccc(OS(=O)(=O)c2ccc(F)cc2)cc1)C(C)=O. The third-order valence-corrected chi connectivity index (χ3v) is 4.88. The second-order valence-electron chi connectivity index (χ2n) is 5.57. The third kappa shape index (κ3) is 5.53. The van der Waals surface area contributed by atoms with Crippen LogP contribution in [-0.2, 0) is 26.2 Å². The minimum Gasteiger partial charge on any atom is -0.383 e. The first kappa shape index (κ1) is 19.9. The smallest absolute Gasteiger partial charge is 0.339 e. The van der Waals surface area contributed by atoms with E-state index >= 15 is 0 Å². The molecule has 0 heterocycles. The predicted octanol–water partition coefficient (Wildman–Crippen LogP) is 2.59. The summed E-state index contributed by atoms with van der Waals surface area (Å²) in [5.41, 5.74) is 0.822. The van der Waals surface area contributed by atoms with Crippen molar-refractivity contribution in [2.75, 3.05) is 20.3 Å². The first-order chi connectivity index (χ1) is 12.3. The molecule has 26 heavy (non-hydrogen) atoms. The summed E-state index contributed by atoms with van der Waals surface area (Å²) in [5, 5.41) is 0. The number of amides is 1. The van der Waals surface area contributed by atoms with Gasteiger partial charge in [-0.3, -0.25) is 4.79 Å². The van der Waals surface area contributed by atoms with Crippen LogP contribution in [0, 0.1) is 5.82 Å². The van der Waals surface area contributed by atoms with E-state index in [0.29, 0.717) is 19.7 Å². The maximum atomic E-state index is 12.9. The molecule has 6 nitrogen and oxygen atoms in total. The predicted molar refractivity (Wildman–Crippen MR) is 93.6 cm³/mol. The van der Waals surface area contributed by atoms with Crippen LogP contribution in [0.25, 0.3) is 0 Å². The Hall–Kier alpha value is -2.45. The fourth-order valence-corrected chi connectivity index (χ4v) is 3.13. The number of hydrogen-bond acceptors (Lipinski definition) is 5. The fraction of sp³-hybridized carbons (Fsp3) is 0.278. The molecule has 0 atom stereocenters. The van der Waals surface area contributed by atoms with Crippen molar-refractivity contribution >= 4 is 16.0 Å². The van der Waals surface area contributed by atoms with Crippen LogP contribution in [0.3, 0.4) is 0 Å². The molecule has 1 amide bonds. The molecule has 2 aromatic rings. The highest BCUT2D eigenvalue weighted by atomic mass is 32.2. The Labute approximate surface area is 152 Å². The Bertz CT molecular complexity index is 835. The third-order valence-electron chi connectivity index (χ3n) is 3.62. The Morgan fingerprint density at radius 3 is 2.23 bits per heavy atom. The molecule has 0 aliphatic rings. The Balaban J connectivity index is 2.06. The molecule has 0 fully saturated rings. The number of halogens is 1. The Kier molecular flexibility index (Phi) is 6.70. The first-order valence-electron chi connectivity index (χ1n) is 7.85. The number of carbonyl (C=O) groups excluding carboxylic acids is 1. The standard InChI is InChI=1S/C18H20FNO5S/c1-14(21)20(11-12-24-2)13-15-3-7-17(8-4-15)25-26(22,23)18-9-5-16(19)6-10-18/h3-10H,11-13H2,1-2H3. The van der Waals surface area contributed by atoms with Gasteiger partial charge in [-0.1, -0.05) is 12.1 Å². The fourth-order valence-electron chi connectivity index (χ4n) is 2.20. The van der Waals surface area contributed by atoms with Gasteiger partial charge in [-0.2, -0.15) is 8.42 Å². The van der Waals surface area contributed by atoms with Gasteiger partial charge in [0.05, 0.1) is 6.61 Å². The lowest BCUT2D eigenvalue weighted by atomic mass is 10.2. The van der Waals surface area contributed by atoms with E-state index < -0.39 is 15.9 Å². The second-order valence-corrected chi connectivity index (χ2v) is 7.12. The second kappa shape index (κ2) is 8.77. The summed E-state index contributed by atoms with van der Waals surface area (Å²) in [4.78, 5) is 13.1. The lowest BCUT2D eigenvalue weighted by Gasteiger charge is -2.20. The Morgan fingerprint density at radius 1 is 1.08 bits per heavy atom. The van der Waals surface area contributed by atoms with Crippen LogP contribution in [0.2, 0.25) is 0 Å². The number of benzene rings is 2. The molecule has 0 spiro atoms. The molecule has 0 aliphatic carbocycles. The summed E-state index contributed by atoms with van der Waals surface area (Å²) in [6.07, 6.45) is 0. The van der Waals surface area contributed by atoms with E-state index in [1.807, 2.05) is 0 Å². The van der Waals surface area contributed by atoms with Gasteiger partial charge in [-0.15, -0.1) is 0 Å². The normalized spacial score (nSPS) is 11.2. The van der Waals surface area contributed by atoms with Crippen LogP contribution in [-0.4, -0.2) is 39.5 Å². The lowest BCUT2D eigenvalue weighted by molar-refractivity contribution is -0.130. The van der Waals surface area contributed by atoms with Crippen LogP contribution in [0.4, 0.5) is 4.39 Å². The maximum Gasteiger partial charge on any atom is 0.339 e. The molecule has 0 radical (unpaired) electrons. The molecular formula is C18H20FNO5S. The van der Waals surface area contributed by atoms with Crippen molar-refractivity contribution < 1.29 is 26.5 Å². The molecule has 0 saturated carbocycles. The summed E-state index contributed by atoms with van der Waals surface area (Å²) in [5.74, 6) is -0.484. The maximum absolute atomic E-state index is 12.9. The number of hydrogen-bond donors (Lipinski definition) is 0. The first-order valence-corrected chi connectivity index (χ1v) is 9.26. The molecule has 2 rings (SSSR count). The highest BCUT2D eigenvalue weighted by molar-refractivity contribution is 7.87. The Morgan fingerprint density at radius 2 is 1.69 bits per heavy atom. The van der Waals surface area contributed by atoms with Gasteiger partial charge in [0.2, 0.25) is 5.91 Å². The van der Waals surface area contributed by atoms with Gasteiger partial charge in [0.1, 0.15) is 16.5 Å². The molecule has 0 N–H and O–H groups in total. The number of nitrogens with zero attached hydrogens (tertiary/aromatic N) is 1. The van der Waals surface area contributed by atoms with Crippen molar-refractivity contribution in [2.45, 2.75) is 18.4 Å². The molecule has 140 valence electrons. The molecule has 0 saturated heterocycles. The average molecular weight is 381 g/mol. The molecule has 0 aliphatic heterocycles.